The summed E-state index contributed by atoms with van der Waals surface area (Å²) in [6.07, 6.45) is 0. The number of carbonyl (C=O) groups excluding carboxylic acids is 2. The minimum absolute atomic E-state index is 0.0169. The van der Waals surface area contributed by atoms with Gasteiger partial charge in [-0.3, -0.25) is 9.59 Å². The number of hydrogen-bond donors (Lipinski definition) is 2. The quantitative estimate of drug-likeness (QED) is 0.754. The first kappa shape index (κ1) is 17.5. The lowest BCUT2D eigenvalue weighted by Crippen LogP contribution is -2.36. The average Bonchev–Trinajstić information content (AvgIpc) is 2.97. The molecule has 7 heteroatoms. The molecule has 0 radical (unpaired) electrons. The zero-order chi connectivity index (χ0) is 16.7. The highest BCUT2D eigenvalue weighted by Gasteiger charge is 2.13. The van der Waals surface area contributed by atoms with Gasteiger partial charge in [0.1, 0.15) is 0 Å². The van der Waals surface area contributed by atoms with Crippen LogP contribution in [-0.2, 0) is 10.5 Å². The Bertz CT molecular complexity index is 685. The monoisotopic (exact) mass is 349 g/mol. The number of aryl methyl sites for hydroxylation is 1. The normalized spacial score (nSPS) is 10.3. The van der Waals surface area contributed by atoms with E-state index in [0.717, 1.165) is 15.6 Å². The van der Waals surface area contributed by atoms with Gasteiger partial charge in [-0.1, -0.05) is 12.1 Å². The molecule has 0 saturated heterocycles. The van der Waals surface area contributed by atoms with Gasteiger partial charge in [0, 0.05) is 22.6 Å². The van der Waals surface area contributed by atoms with Gasteiger partial charge in [0.15, 0.2) is 0 Å². The van der Waals surface area contributed by atoms with Crippen LogP contribution in [-0.4, -0.2) is 29.9 Å². The Kier molecular flexibility index (Phi) is 6.61. The molecule has 0 bridgehead atoms. The van der Waals surface area contributed by atoms with E-state index in [0.29, 0.717) is 17.9 Å². The Morgan fingerprint density at radius 1 is 1.26 bits per heavy atom. The number of thiazole rings is 1. The van der Waals surface area contributed by atoms with E-state index in [-0.39, 0.29) is 18.4 Å². The number of aromatic nitrogens is 1. The molecule has 2 N–H and O–H groups in total. The smallest absolute Gasteiger partial charge is 0.252 e. The van der Waals surface area contributed by atoms with Crippen LogP contribution in [0.3, 0.4) is 0 Å². The number of nitrogens with zero attached hydrogens (tertiary/aromatic N) is 1. The first-order chi connectivity index (χ1) is 11.1. The van der Waals surface area contributed by atoms with E-state index in [4.69, 9.17) is 0 Å². The SMILES string of the molecule is CCNC(=O)CNC(=O)c1ccccc1SCc1csc(C)n1. The molecule has 1 heterocycles. The van der Waals surface area contributed by atoms with E-state index in [1.54, 1.807) is 29.2 Å². The van der Waals surface area contributed by atoms with Crippen molar-refractivity contribution in [2.75, 3.05) is 13.1 Å². The summed E-state index contributed by atoms with van der Waals surface area (Å²) in [6.45, 7) is 4.35. The molecule has 2 rings (SSSR count). The van der Waals surface area contributed by atoms with Gasteiger partial charge in [0.05, 0.1) is 22.8 Å². The zero-order valence-electron chi connectivity index (χ0n) is 13.1. The predicted molar refractivity (Wildman–Crippen MR) is 93.9 cm³/mol. The molecule has 0 unspecified atom stereocenters. The van der Waals surface area contributed by atoms with Crippen molar-refractivity contribution in [2.45, 2.75) is 24.5 Å². The number of thioether (sulfide) groups is 1. The van der Waals surface area contributed by atoms with Crippen molar-refractivity contribution in [2.24, 2.45) is 0 Å². The molecule has 122 valence electrons. The average molecular weight is 349 g/mol. The first-order valence-corrected chi connectivity index (χ1v) is 9.14. The van der Waals surface area contributed by atoms with Gasteiger partial charge < -0.3 is 10.6 Å². The van der Waals surface area contributed by atoms with E-state index in [1.165, 1.54) is 0 Å². The summed E-state index contributed by atoms with van der Waals surface area (Å²) in [5, 5.41) is 8.36. The summed E-state index contributed by atoms with van der Waals surface area (Å²) in [7, 11) is 0. The number of carbonyl (C=O) groups is 2. The fraction of sp³-hybridized carbons (Fsp3) is 0.312. The highest BCUT2D eigenvalue weighted by Crippen LogP contribution is 2.26. The second kappa shape index (κ2) is 8.69. The van der Waals surface area contributed by atoms with Crippen LogP contribution >= 0.6 is 23.1 Å². The first-order valence-electron chi connectivity index (χ1n) is 7.28. The van der Waals surface area contributed by atoms with Gasteiger partial charge >= 0.3 is 0 Å². The minimum atomic E-state index is -0.242. The summed E-state index contributed by atoms with van der Waals surface area (Å²) in [5.41, 5.74) is 1.59. The molecule has 0 aliphatic heterocycles. The van der Waals surface area contributed by atoms with Crippen molar-refractivity contribution in [1.82, 2.24) is 15.6 Å². The summed E-state index contributed by atoms with van der Waals surface area (Å²) < 4.78 is 0. The van der Waals surface area contributed by atoms with E-state index in [9.17, 15) is 9.59 Å². The predicted octanol–water partition coefficient (Wildman–Crippen LogP) is 2.61. The molecule has 0 spiro atoms. The molecule has 1 aromatic carbocycles. The highest BCUT2D eigenvalue weighted by atomic mass is 32.2. The van der Waals surface area contributed by atoms with Gasteiger partial charge in [0.2, 0.25) is 5.91 Å². The second-order valence-electron chi connectivity index (χ2n) is 4.78. The van der Waals surface area contributed by atoms with Gasteiger partial charge in [0.25, 0.3) is 5.91 Å². The third-order valence-electron chi connectivity index (χ3n) is 2.96. The van der Waals surface area contributed by atoms with E-state index in [2.05, 4.69) is 15.6 Å². The van der Waals surface area contributed by atoms with E-state index >= 15 is 0 Å². The molecular formula is C16H19N3O2S2. The molecular weight excluding hydrogens is 330 g/mol. The fourth-order valence-corrected chi connectivity index (χ4v) is 3.58. The van der Waals surface area contributed by atoms with Crippen LogP contribution in [0.25, 0.3) is 0 Å². The molecule has 0 aliphatic rings. The number of amides is 2. The van der Waals surface area contributed by atoms with Crippen LogP contribution in [0.2, 0.25) is 0 Å². The molecule has 2 aromatic rings. The minimum Gasteiger partial charge on any atom is -0.355 e. The van der Waals surface area contributed by atoms with Gasteiger partial charge in [-0.2, -0.15) is 0 Å². The Labute approximate surface area is 143 Å². The van der Waals surface area contributed by atoms with Crippen LogP contribution in [0.4, 0.5) is 0 Å². The fourth-order valence-electron chi connectivity index (χ4n) is 1.92. The molecule has 0 aliphatic carbocycles. The standard InChI is InChI=1S/C16H19N3O2S2/c1-3-17-15(20)8-18-16(21)13-6-4-5-7-14(13)23-10-12-9-22-11(2)19-12/h4-7,9H,3,8,10H2,1-2H3,(H,17,20)(H,18,21). The Hall–Kier alpha value is -1.86. The Balaban J connectivity index is 1.98. The van der Waals surface area contributed by atoms with Crippen LogP contribution in [0.15, 0.2) is 34.5 Å². The van der Waals surface area contributed by atoms with Crippen molar-refractivity contribution >= 4 is 34.9 Å². The number of nitrogens with one attached hydrogen (secondary N) is 2. The molecule has 23 heavy (non-hydrogen) atoms. The third-order valence-corrected chi connectivity index (χ3v) is 4.89. The molecule has 2 amide bonds. The van der Waals surface area contributed by atoms with Crippen LogP contribution in [0.1, 0.15) is 28.0 Å². The Morgan fingerprint density at radius 2 is 2.04 bits per heavy atom. The summed E-state index contributed by atoms with van der Waals surface area (Å²) in [5.74, 6) is 0.281. The highest BCUT2D eigenvalue weighted by molar-refractivity contribution is 7.98. The number of hydrogen-bond acceptors (Lipinski definition) is 5. The summed E-state index contributed by atoms with van der Waals surface area (Å²) >= 11 is 3.19. The van der Waals surface area contributed by atoms with Crippen molar-refractivity contribution in [3.8, 4) is 0 Å². The van der Waals surface area contributed by atoms with E-state index in [1.807, 2.05) is 37.4 Å². The van der Waals surface area contributed by atoms with Crippen LogP contribution < -0.4 is 10.6 Å². The van der Waals surface area contributed by atoms with Gasteiger partial charge in [-0.05, 0) is 26.0 Å². The molecule has 0 atom stereocenters. The molecule has 0 fully saturated rings. The maximum absolute atomic E-state index is 12.3. The number of benzene rings is 1. The maximum atomic E-state index is 12.3. The summed E-state index contributed by atoms with van der Waals surface area (Å²) in [6, 6.07) is 7.39. The lowest BCUT2D eigenvalue weighted by atomic mass is 10.2. The van der Waals surface area contributed by atoms with Gasteiger partial charge in [-0.25, -0.2) is 4.98 Å². The Morgan fingerprint density at radius 3 is 2.74 bits per heavy atom. The largest absolute Gasteiger partial charge is 0.355 e. The lowest BCUT2D eigenvalue weighted by molar-refractivity contribution is -0.120. The van der Waals surface area contributed by atoms with Crippen LogP contribution in [0, 0.1) is 6.92 Å². The van der Waals surface area contributed by atoms with Crippen LogP contribution in [0.5, 0.6) is 0 Å². The zero-order valence-corrected chi connectivity index (χ0v) is 14.7. The molecule has 0 saturated carbocycles. The maximum Gasteiger partial charge on any atom is 0.252 e. The number of likely N-dealkylation sites (N-methyl/N-ethyl adjacent to an activating group) is 1. The number of rotatable bonds is 7. The van der Waals surface area contributed by atoms with Crippen molar-refractivity contribution in [1.29, 1.82) is 0 Å². The van der Waals surface area contributed by atoms with Gasteiger partial charge in [-0.15, -0.1) is 23.1 Å². The van der Waals surface area contributed by atoms with Crippen molar-refractivity contribution in [3.05, 3.63) is 45.9 Å². The topological polar surface area (TPSA) is 71.1 Å². The molecule has 1 aromatic heterocycles. The third kappa shape index (κ3) is 5.37. The van der Waals surface area contributed by atoms with Crippen molar-refractivity contribution < 1.29 is 9.59 Å². The molecule has 5 nitrogen and oxygen atoms in total. The lowest BCUT2D eigenvalue weighted by Gasteiger charge is -2.09. The van der Waals surface area contributed by atoms with Crippen molar-refractivity contribution in [3.63, 3.8) is 0 Å². The summed E-state index contributed by atoms with van der Waals surface area (Å²) in [4.78, 5) is 29.0. The second-order valence-corrected chi connectivity index (χ2v) is 6.86. The van der Waals surface area contributed by atoms with E-state index < -0.39 is 0 Å².